The molecule has 1 aromatic heterocycles. The number of benzene rings is 3. The third-order valence-electron chi connectivity index (χ3n) is 5.41. The van der Waals surface area contributed by atoms with Gasteiger partial charge in [0.15, 0.2) is 5.13 Å². The summed E-state index contributed by atoms with van der Waals surface area (Å²) in [6, 6.07) is 22.2. The molecule has 4 aromatic rings. The van der Waals surface area contributed by atoms with Gasteiger partial charge in [0.25, 0.3) is 0 Å². The van der Waals surface area contributed by atoms with Crippen molar-refractivity contribution in [3.8, 4) is 0 Å². The summed E-state index contributed by atoms with van der Waals surface area (Å²) in [4.78, 5) is 21.2. The summed E-state index contributed by atoms with van der Waals surface area (Å²) in [6.45, 7) is 4.72. The van der Waals surface area contributed by atoms with E-state index >= 15 is 0 Å². The summed E-state index contributed by atoms with van der Waals surface area (Å²) in [5.74, 6) is 0.990. The van der Waals surface area contributed by atoms with Crippen LogP contribution < -0.4 is 4.90 Å². The third kappa shape index (κ3) is 5.52. The standard InChI is InChI=1S/C26H25ClN2OS2/c1-18-10-15-23-25(19(18)2)28-26(32-23)29(17-20-7-4-3-5-8-20)24(30)9-6-16-31-22-13-11-21(27)12-14-22/h3-5,7-8,10-15H,6,9,16-17H2,1-2H3. The van der Waals surface area contributed by atoms with Gasteiger partial charge in [-0.1, -0.05) is 59.3 Å². The van der Waals surface area contributed by atoms with Crippen molar-refractivity contribution in [3.05, 3.63) is 88.4 Å². The van der Waals surface area contributed by atoms with Crippen LogP contribution in [0.4, 0.5) is 5.13 Å². The minimum atomic E-state index is 0.110. The van der Waals surface area contributed by atoms with Crippen molar-refractivity contribution >= 4 is 56.0 Å². The normalized spacial score (nSPS) is 11.1. The average Bonchev–Trinajstić information content (AvgIpc) is 3.24. The Kier molecular flexibility index (Phi) is 7.51. The predicted molar refractivity (Wildman–Crippen MR) is 138 cm³/mol. The van der Waals surface area contributed by atoms with E-state index in [1.54, 1.807) is 23.1 Å². The monoisotopic (exact) mass is 480 g/mol. The van der Waals surface area contributed by atoms with Crippen LogP contribution in [0.3, 0.4) is 0 Å². The van der Waals surface area contributed by atoms with Crippen LogP contribution in [0.5, 0.6) is 0 Å². The van der Waals surface area contributed by atoms with Gasteiger partial charge in [-0.2, -0.15) is 0 Å². The second-order valence-corrected chi connectivity index (χ2v) is 10.3. The van der Waals surface area contributed by atoms with Gasteiger partial charge in [0.05, 0.1) is 16.8 Å². The largest absolute Gasteiger partial charge is 0.284 e. The van der Waals surface area contributed by atoms with Crippen molar-refractivity contribution in [1.82, 2.24) is 4.98 Å². The van der Waals surface area contributed by atoms with Gasteiger partial charge in [0.2, 0.25) is 5.91 Å². The zero-order valence-electron chi connectivity index (χ0n) is 18.2. The van der Waals surface area contributed by atoms with E-state index in [2.05, 4.69) is 38.1 Å². The Morgan fingerprint density at radius 1 is 1.03 bits per heavy atom. The summed E-state index contributed by atoms with van der Waals surface area (Å²) in [7, 11) is 0. The molecule has 6 heteroatoms. The number of fused-ring (bicyclic) bond motifs is 1. The number of rotatable bonds is 8. The van der Waals surface area contributed by atoms with Gasteiger partial charge in [0.1, 0.15) is 0 Å². The molecule has 0 N–H and O–H groups in total. The van der Waals surface area contributed by atoms with Crippen LogP contribution in [0.2, 0.25) is 5.02 Å². The molecule has 32 heavy (non-hydrogen) atoms. The fourth-order valence-corrected chi connectivity index (χ4v) is 5.46. The lowest BCUT2D eigenvalue weighted by atomic mass is 10.1. The van der Waals surface area contributed by atoms with Gasteiger partial charge >= 0.3 is 0 Å². The first-order valence-corrected chi connectivity index (χ1v) is 12.8. The lowest BCUT2D eigenvalue weighted by Gasteiger charge is -2.20. The topological polar surface area (TPSA) is 33.2 Å². The molecule has 0 saturated heterocycles. The first-order valence-electron chi connectivity index (χ1n) is 10.6. The number of halogens is 1. The molecule has 0 fully saturated rings. The van der Waals surface area contributed by atoms with Gasteiger partial charge in [-0.15, -0.1) is 11.8 Å². The molecule has 4 rings (SSSR count). The number of amides is 1. The minimum absolute atomic E-state index is 0.110. The highest BCUT2D eigenvalue weighted by atomic mass is 35.5. The molecule has 0 aliphatic carbocycles. The Morgan fingerprint density at radius 3 is 2.53 bits per heavy atom. The van der Waals surface area contributed by atoms with Crippen molar-refractivity contribution in [2.24, 2.45) is 0 Å². The number of carbonyl (C=O) groups is 1. The lowest BCUT2D eigenvalue weighted by molar-refractivity contribution is -0.118. The smallest absolute Gasteiger partial charge is 0.229 e. The van der Waals surface area contributed by atoms with E-state index in [1.807, 2.05) is 47.4 Å². The molecule has 0 aliphatic rings. The van der Waals surface area contributed by atoms with Crippen LogP contribution in [0.25, 0.3) is 10.2 Å². The SMILES string of the molecule is Cc1ccc2sc(N(Cc3ccccc3)C(=O)CCCSc3ccc(Cl)cc3)nc2c1C. The second kappa shape index (κ2) is 10.5. The molecule has 3 nitrogen and oxygen atoms in total. The predicted octanol–water partition coefficient (Wildman–Crippen LogP) is 7.67. The first kappa shape index (κ1) is 22.8. The Hall–Kier alpha value is -2.34. The van der Waals surface area contributed by atoms with E-state index in [0.29, 0.717) is 13.0 Å². The van der Waals surface area contributed by atoms with Crippen molar-refractivity contribution < 1.29 is 4.79 Å². The number of aryl methyl sites for hydroxylation is 2. The molecular formula is C26H25ClN2OS2. The summed E-state index contributed by atoms with van der Waals surface area (Å²) >= 11 is 9.29. The highest BCUT2D eigenvalue weighted by molar-refractivity contribution is 7.99. The molecule has 0 bridgehead atoms. The zero-order valence-corrected chi connectivity index (χ0v) is 20.6. The maximum Gasteiger partial charge on any atom is 0.229 e. The van der Waals surface area contributed by atoms with E-state index in [4.69, 9.17) is 16.6 Å². The van der Waals surface area contributed by atoms with E-state index in [0.717, 1.165) is 38.1 Å². The number of hydrogen-bond acceptors (Lipinski definition) is 4. The van der Waals surface area contributed by atoms with Crippen LogP contribution in [0.15, 0.2) is 71.6 Å². The number of carbonyl (C=O) groups excluding carboxylic acids is 1. The molecule has 0 aliphatic heterocycles. The van der Waals surface area contributed by atoms with Gasteiger partial charge in [-0.05, 0) is 73.0 Å². The van der Waals surface area contributed by atoms with Crippen LogP contribution >= 0.6 is 34.7 Å². The van der Waals surface area contributed by atoms with Crippen molar-refractivity contribution in [3.63, 3.8) is 0 Å². The number of nitrogens with zero attached hydrogens (tertiary/aromatic N) is 2. The van der Waals surface area contributed by atoms with Crippen LogP contribution in [-0.4, -0.2) is 16.6 Å². The zero-order chi connectivity index (χ0) is 22.5. The summed E-state index contributed by atoms with van der Waals surface area (Å²) in [5, 5.41) is 1.51. The molecule has 0 radical (unpaired) electrons. The molecule has 0 atom stereocenters. The Bertz CT molecular complexity index is 1210. The molecule has 164 valence electrons. The number of thioether (sulfide) groups is 1. The molecule has 0 spiro atoms. The lowest BCUT2D eigenvalue weighted by Crippen LogP contribution is -2.30. The number of hydrogen-bond donors (Lipinski definition) is 0. The van der Waals surface area contributed by atoms with Crippen LogP contribution in [-0.2, 0) is 11.3 Å². The number of thiazole rings is 1. The van der Waals surface area contributed by atoms with Crippen molar-refractivity contribution in [2.75, 3.05) is 10.7 Å². The molecule has 1 amide bonds. The Labute approximate surface area is 202 Å². The highest BCUT2D eigenvalue weighted by Gasteiger charge is 2.20. The third-order valence-corrected chi connectivity index (χ3v) is 7.80. The van der Waals surface area contributed by atoms with Gasteiger partial charge in [-0.25, -0.2) is 4.98 Å². The maximum atomic E-state index is 13.3. The molecule has 0 saturated carbocycles. The van der Waals surface area contributed by atoms with E-state index in [9.17, 15) is 4.79 Å². The first-order chi connectivity index (χ1) is 15.5. The highest BCUT2D eigenvalue weighted by Crippen LogP contribution is 2.33. The second-order valence-electron chi connectivity index (χ2n) is 7.72. The quantitative estimate of drug-likeness (QED) is 0.191. The molecule has 3 aromatic carbocycles. The van der Waals surface area contributed by atoms with Gasteiger partial charge in [-0.3, -0.25) is 9.69 Å². The van der Waals surface area contributed by atoms with Crippen LogP contribution in [0.1, 0.15) is 29.5 Å². The van der Waals surface area contributed by atoms with Crippen LogP contribution in [0, 0.1) is 13.8 Å². The Balaban J connectivity index is 1.49. The fourth-order valence-electron chi connectivity index (χ4n) is 3.44. The summed E-state index contributed by atoms with van der Waals surface area (Å²) < 4.78 is 1.12. The molecule has 0 unspecified atom stereocenters. The average molecular weight is 481 g/mol. The molecule has 1 heterocycles. The van der Waals surface area contributed by atoms with Gasteiger partial charge < -0.3 is 0 Å². The Morgan fingerprint density at radius 2 is 1.78 bits per heavy atom. The fraction of sp³-hybridized carbons (Fsp3) is 0.231. The van der Waals surface area contributed by atoms with Crippen molar-refractivity contribution in [2.45, 2.75) is 38.1 Å². The maximum absolute atomic E-state index is 13.3. The van der Waals surface area contributed by atoms with E-state index < -0.39 is 0 Å². The van der Waals surface area contributed by atoms with Crippen molar-refractivity contribution in [1.29, 1.82) is 0 Å². The number of anilines is 1. The number of aromatic nitrogens is 1. The van der Waals surface area contributed by atoms with Gasteiger partial charge in [0, 0.05) is 16.3 Å². The summed E-state index contributed by atoms with van der Waals surface area (Å²) in [6.07, 6.45) is 1.29. The van der Waals surface area contributed by atoms with E-state index in [1.165, 1.54) is 16.0 Å². The minimum Gasteiger partial charge on any atom is -0.284 e. The van der Waals surface area contributed by atoms with E-state index in [-0.39, 0.29) is 5.91 Å². The molecular weight excluding hydrogens is 456 g/mol. The summed E-state index contributed by atoms with van der Waals surface area (Å²) in [5.41, 5.74) is 4.49.